The molecule has 1 aromatic heterocycles. The number of hydrogen-bond acceptors (Lipinski definition) is 5. The van der Waals surface area contributed by atoms with Gasteiger partial charge < -0.3 is 10.2 Å². The molecule has 0 aliphatic carbocycles. The highest BCUT2D eigenvalue weighted by Gasteiger charge is 2.29. The van der Waals surface area contributed by atoms with Crippen LogP contribution in [0.5, 0.6) is 5.75 Å². The van der Waals surface area contributed by atoms with Crippen LogP contribution in [0.2, 0.25) is 0 Å². The van der Waals surface area contributed by atoms with Crippen LogP contribution in [-0.2, 0) is 14.8 Å². The summed E-state index contributed by atoms with van der Waals surface area (Å²) in [6.07, 6.45) is 3.19. The molecule has 0 saturated carbocycles. The van der Waals surface area contributed by atoms with Gasteiger partial charge in [0.15, 0.2) is 0 Å². The molecule has 0 spiro atoms. The Morgan fingerprint density at radius 1 is 1.15 bits per heavy atom. The van der Waals surface area contributed by atoms with E-state index in [9.17, 15) is 23.4 Å². The van der Waals surface area contributed by atoms with Crippen LogP contribution in [0, 0.1) is 13.8 Å². The number of phenolic OH excluding ortho intramolecular Hbond substituents is 1. The van der Waals surface area contributed by atoms with Gasteiger partial charge in [-0.05, 0) is 73.7 Å². The maximum atomic E-state index is 12.7. The third-order valence-electron chi connectivity index (χ3n) is 4.56. The van der Waals surface area contributed by atoms with Crippen molar-refractivity contribution >= 4 is 39.0 Å². The molecule has 27 heavy (non-hydrogen) atoms. The van der Waals surface area contributed by atoms with Gasteiger partial charge in [0.2, 0.25) is 0 Å². The Hall–Kier alpha value is -2.16. The Balaban J connectivity index is 2.00. The normalized spacial score (nSPS) is 16.0. The summed E-state index contributed by atoms with van der Waals surface area (Å²) in [5, 5.41) is 19.5. The summed E-state index contributed by atoms with van der Waals surface area (Å²) >= 11 is 0.966. The predicted molar refractivity (Wildman–Crippen MR) is 105 cm³/mol. The van der Waals surface area contributed by atoms with Crippen LogP contribution in [0.3, 0.4) is 0 Å². The monoisotopic (exact) mass is 407 g/mol. The molecule has 3 rings (SSSR count). The van der Waals surface area contributed by atoms with Gasteiger partial charge in [-0.25, -0.2) is 13.2 Å². The molecule has 0 atom stereocenters. The smallest absolute Gasteiger partial charge is 0.337 e. The minimum absolute atomic E-state index is 0.0207. The van der Waals surface area contributed by atoms with Crippen molar-refractivity contribution in [1.82, 2.24) is 4.31 Å². The molecule has 0 bridgehead atoms. The van der Waals surface area contributed by atoms with Crippen LogP contribution in [0.4, 0.5) is 0 Å². The van der Waals surface area contributed by atoms with Gasteiger partial charge in [0.25, 0.3) is 10.0 Å². The summed E-state index contributed by atoms with van der Waals surface area (Å²) in [6, 6.07) is 6.40. The first-order chi connectivity index (χ1) is 12.7. The number of carboxylic acid groups (broad SMARTS) is 1. The van der Waals surface area contributed by atoms with Crippen molar-refractivity contribution in [3.05, 3.63) is 45.8 Å². The number of thiophene rings is 1. The van der Waals surface area contributed by atoms with Crippen LogP contribution in [-0.4, -0.2) is 42.0 Å². The van der Waals surface area contributed by atoms with E-state index in [-0.39, 0.29) is 15.5 Å². The molecule has 8 heteroatoms. The summed E-state index contributed by atoms with van der Waals surface area (Å²) in [6.45, 7) is 4.49. The van der Waals surface area contributed by atoms with Crippen LogP contribution >= 0.6 is 11.3 Å². The van der Waals surface area contributed by atoms with Gasteiger partial charge >= 0.3 is 5.97 Å². The van der Waals surface area contributed by atoms with E-state index in [1.807, 2.05) is 0 Å². The number of nitrogens with zero attached hydrogens (tertiary/aromatic N) is 1. The van der Waals surface area contributed by atoms with Gasteiger partial charge in [-0.3, -0.25) is 0 Å². The van der Waals surface area contributed by atoms with Gasteiger partial charge in [0, 0.05) is 18.0 Å². The minimum atomic E-state index is -3.57. The maximum Gasteiger partial charge on any atom is 0.337 e. The van der Waals surface area contributed by atoms with Crippen LogP contribution in [0.15, 0.2) is 28.5 Å². The number of carboxylic acids is 1. The molecule has 1 saturated heterocycles. The number of sulfonamides is 1. The number of aryl methyl sites for hydroxylation is 2. The van der Waals surface area contributed by atoms with E-state index in [4.69, 9.17) is 0 Å². The molecule has 2 N–H and O–H groups in total. The quantitative estimate of drug-likeness (QED) is 0.740. The van der Waals surface area contributed by atoms with Gasteiger partial charge in [-0.2, -0.15) is 4.31 Å². The van der Waals surface area contributed by atoms with Crippen molar-refractivity contribution in [2.45, 2.75) is 30.9 Å². The number of aliphatic carboxylic acids is 1. The van der Waals surface area contributed by atoms with Crippen LogP contribution < -0.4 is 0 Å². The predicted octanol–water partition coefficient (Wildman–Crippen LogP) is 3.48. The van der Waals surface area contributed by atoms with E-state index in [1.165, 1.54) is 22.5 Å². The molecule has 0 unspecified atom stereocenters. The second kappa shape index (κ2) is 7.46. The average molecular weight is 408 g/mol. The SMILES string of the molecule is Cc1cc(/C=C(\C(=O)O)c2ccc(S(=O)(=O)N3CCCC3)s2)cc(C)c1O. The summed E-state index contributed by atoms with van der Waals surface area (Å²) in [5.41, 5.74) is 1.95. The van der Waals surface area contributed by atoms with Gasteiger partial charge in [0.1, 0.15) is 9.96 Å². The highest BCUT2D eigenvalue weighted by molar-refractivity contribution is 7.91. The van der Waals surface area contributed by atoms with Crippen molar-refractivity contribution in [1.29, 1.82) is 0 Å². The first-order valence-corrected chi connectivity index (χ1v) is 10.8. The molecule has 1 aromatic carbocycles. The maximum absolute atomic E-state index is 12.7. The standard InChI is InChI=1S/C19H21NO5S2/c1-12-9-14(10-13(2)18(12)21)11-15(19(22)23)16-5-6-17(26-16)27(24,25)20-7-3-4-8-20/h5-6,9-11,21H,3-4,7-8H2,1-2H3,(H,22,23)/b15-11-. The van der Waals surface area contributed by atoms with E-state index in [0.29, 0.717) is 34.7 Å². The largest absolute Gasteiger partial charge is 0.507 e. The Kier molecular flexibility index (Phi) is 5.41. The molecular formula is C19H21NO5S2. The lowest BCUT2D eigenvalue weighted by atomic mass is 10.0. The first-order valence-electron chi connectivity index (χ1n) is 8.55. The highest BCUT2D eigenvalue weighted by atomic mass is 32.2. The zero-order chi connectivity index (χ0) is 19.8. The topological polar surface area (TPSA) is 94.9 Å². The number of hydrogen-bond donors (Lipinski definition) is 2. The number of aromatic hydroxyl groups is 1. The van der Waals surface area contributed by atoms with Crippen molar-refractivity contribution in [3.63, 3.8) is 0 Å². The van der Waals surface area contributed by atoms with Crippen molar-refractivity contribution < 1.29 is 23.4 Å². The Labute approximate surface area is 162 Å². The molecule has 2 heterocycles. The number of benzene rings is 1. The molecule has 2 aromatic rings. The number of phenols is 1. The fourth-order valence-corrected chi connectivity index (χ4v) is 6.12. The first kappa shape index (κ1) is 19.6. The van der Waals surface area contributed by atoms with Gasteiger partial charge in [-0.1, -0.05) is 0 Å². The second-order valence-corrected chi connectivity index (χ2v) is 9.84. The molecular weight excluding hydrogens is 386 g/mol. The van der Waals surface area contributed by atoms with Crippen molar-refractivity contribution in [2.24, 2.45) is 0 Å². The zero-order valence-corrected chi connectivity index (χ0v) is 16.7. The molecule has 0 radical (unpaired) electrons. The number of carbonyl (C=O) groups is 1. The Bertz CT molecular complexity index is 991. The summed E-state index contributed by atoms with van der Waals surface area (Å²) in [7, 11) is -3.57. The van der Waals surface area contributed by atoms with E-state index in [1.54, 1.807) is 26.0 Å². The third kappa shape index (κ3) is 3.92. The zero-order valence-electron chi connectivity index (χ0n) is 15.1. The fourth-order valence-electron chi connectivity index (χ4n) is 3.14. The molecule has 1 aliphatic heterocycles. The molecule has 0 amide bonds. The third-order valence-corrected chi connectivity index (χ3v) is 8.05. The number of rotatable bonds is 5. The minimum Gasteiger partial charge on any atom is -0.507 e. The van der Waals surface area contributed by atoms with Gasteiger partial charge in [-0.15, -0.1) is 11.3 Å². The van der Waals surface area contributed by atoms with Gasteiger partial charge in [0.05, 0.1) is 5.57 Å². The van der Waals surface area contributed by atoms with Crippen LogP contribution in [0.25, 0.3) is 11.6 Å². The summed E-state index contributed by atoms with van der Waals surface area (Å²) < 4.78 is 26.9. The lowest BCUT2D eigenvalue weighted by molar-refractivity contribution is -0.130. The van der Waals surface area contributed by atoms with Crippen LogP contribution in [0.1, 0.15) is 34.4 Å². The van der Waals surface area contributed by atoms with E-state index in [2.05, 4.69) is 0 Å². The van der Waals surface area contributed by atoms with Crippen molar-refractivity contribution in [2.75, 3.05) is 13.1 Å². The lowest BCUT2D eigenvalue weighted by Crippen LogP contribution is -2.27. The Morgan fingerprint density at radius 3 is 2.30 bits per heavy atom. The fraction of sp³-hybridized carbons (Fsp3) is 0.316. The van der Waals surface area contributed by atoms with E-state index < -0.39 is 16.0 Å². The highest BCUT2D eigenvalue weighted by Crippen LogP contribution is 2.33. The molecule has 6 nitrogen and oxygen atoms in total. The molecule has 1 fully saturated rings. The second-order valence-electron chi connectivity index (χ2n) is 6.60. The summed E-state index contributed by atoms with van der Waals surface area (Å²) in [4.78, 5) is 12.2. The van der Waals surface area contributed by atoms with E-state index >= 15 is 0 Å². The molecule has 144 valence electrons. The average Bonchev–Trinajstić information content (AvgIpc) is 3.28. The Morgan fingerprint density at radius 2 is 1.74 bits per heavy atom. The van der Waals surface area contributed by atoms with Crippen molar-refractivity contribution in [3.8, 4) is 5.75 Å². The summed E-state index contributed by atoms with van der Waals surface area (Å²) in [5.74, 6) is -0.954. The molecule has 1 aliphatic rings. The lowest BCUT2D eigenvalue weighted by Gasteiger charge is -2.13. The van der Waals surface area contributed by atoms with E-state index in [0.717, 1.165) is 24.2 Å².